The normalized spacial score (nSPS) is 13.9. The molecule has 1 aromatic heterocycles. The number of benzene rings is 2. The Bertz CT molecular complexity index is 1290. The Labute approximate surface area is 210 Å². The Balaban J connectivity index is 1.61. The number of amides is 1. The largest absolute Gasteiger partial charge is 0.478 e. The lowest BCUT2D eigenvalue weighted by Crippen LogP contribution is -2.31. The van der Waals surface area contributed by atoms with E-state index < -0.39 is 42.0 Å². The van der Waals surface area contributed by atoms with Crippen molar-refractivity contribution in [2.45, 2.75) is 45.1 Å². The highest BCUT2D eigenvalue weighted by Gasteiger charge is 2.44. The third-order valence-corrected chi connectivity index (χ3v) is 6.27. The van der Waals surface area contributed by atoms with Gasteiger partial charge in [0.1, 0.15) is 11.4 Å². The van der Waals surface area contributed by atoms with Gasteiger partial charge in [0.25, 0.3) is 5.91 Å². The Morgan fingerprint density at radius 1 is 1.11 bits per heavy atom. The topological polar surface area (TPSA) is 87.5 Å². The number of aromatic nitrogens is 2. The first-order valence-corrected chi connectivity index (χ1v) is 11.8. The molecule has 2 heterocycles. The number of aromatic carboxylic acids is 1. The summed E-state index contributed by atoms with van der Waals surface area (Å²) < 4.78 is 55.5. The van der Waals surface area contributed by atoms with Crippen molar-refractivity contribution in [1.29, 1.82) is 0 Å². The molecule has 7 nitrogen and oxygen atoms in total. The van der Waals surface area contributed by atoms with E-state index in [2.05, 4.69) is 10.4 Å². The number of nitrogens with zero attached hydrogens (tertiary/aromatic N) is 3. The van der Waals surface area contributed by atoms with Gasteiger partial charge in [0.15, 0.2) is 5.69 Å². The summed E-state index contributed by atoms with van der Waals surface area (Å²) in [5, 5.41) is 15.4. The number of hydrogen-bond donors (Lipinski definition) is 2. The van der Waals surface area contributed by atoms with Gasteiger partial charge >= 0.3 is 12.1 Å². The first-order valence-electron chi connectivity index (χ1n) is 11.8. The van der Waals surface area contributed by atoms with Gasteiger partial charge in [-0.05, 0) is 48.6 Å². The van der Waals surface area contributed by atoms with Gasteiger partial charge in [-0.3, -0.25) is 9.18 Å². The number of alkyl halides is 4. The van der Waals surface area contributed by atoms with Crippen molar-refractivity contribution in [2.75, 3.05) is 18.1 Å². The maximum absolute atomic E-state index is 13.9. The van der Waals surface area contributed by atoms with E-state index in [9.17, 15) is 27.2 Å². The van der Waals surface area contributed by atoms with Crippen molar-refractivity contribution in [1.82, 2.24) is 15.1 Å². The van der Waals surface area contributed by atoms with Gasteiger partial charge in [0.05, 0.1) is 24.8 Å². The molecule has 1 unspecified atom stereocenters. The number of carbonyl (C=O) groups is 2. The third kappa shape index (κ3) is 5.76. The second-order valence-corrected chi connectivity index (χ2v) is 8.92. The van der Waals surface area contributed by atoms with Gasteiger partial charge in [0, 0.05) is 13.1 Å². The average Bonchev–Trinajstić information content (AvgIpc) is 3.43. The summed E-state index contributed by atoms with van der Waals surface area (Å²) in [5.41, 5.74) is 0.554. The molecule has 196 valence electrons. The van der Waals surface area contributed by atoms with Crippen LogP contribution < -0.4 is 10.2 Å². The Kier molecular flexibility index (Phi) is 7.51. The Morgan fingerprint density at radius 2 is 1.81 bits per heavy atom. The number of aryl methyl sites for hydroxylation is 1. The molecule has 3 aromatic rings. The number of rotatable bonds is 9. The molecule has 2 aromatic carbocycles. The molecule has 0 bridgehead atoms. The third-order valence-electron chi connectivity index (χ3n) is 6.27. The minimum Gasteiger partial charge on any atom is -0.478 e. The molecule has 1 aliphatic heterocycles. The number of carbonyl (C=O) groups excluding carboxylic acids is 1. The quantitative estimate of drug-likeness (QED) is 0.389. The molecule has 0 saturated heterocycles. The van der Waals surface area contributed by atoms with Crippen LogP contribution in [0.15, 0.2) is 48.5 Å². The fourth-order valence-corrected chi connectivity index (χ4v) is 4.45. The summed E-state index contributed by atoms with van der Waals surface area (Å²) in [6.45, 7) is 2.00. The van der Waals surface area contributed by atoms with E-state index in [4.69, 9.17) is 5.11 Å². The molecule has 2 N–H and O–H groups in total. The van der Waals surface area contributed by atoms with Gasteiger partial charge in [-0.1, -0.05) is 36.4 Å². The molecule has 0 radical (unpaired) electrons. The lowest BCUT2D eigenvalue weighted by molar-refractivity contribution is -0.141. The number of carboxylic acids is 1. The van der Waals surface area contributed by atoms with Crippen LogP contribution in [0.5, 0.6) is 0 Å². The zero-order chi connectivity index (χ0) is 26.7. The van der Waals surface area contributed by atoms with E-state index in [1.165, 1.54) is 28.9 Å². The molecular weight excluding hydrogens is 492 g/mol. The van der Waals surface area contributed by atoms with Gasteiger partial charge in [-0.15, -0.1) is 0 Å². The van der Waals surface area contributed by atoms with E-state index >= 15 is 0 Å². The maximum atomic E-state index is 13.9. The molecule has 1 aliphatic rings. The highest BCUT2D eigenvalue weighted by atomic mass is 19.4. The summed E-state index contributed by atoms with van der Waals surface area (Å²) in [5.74, 6) is -1.94. The Hall–Kier alpha value is -3.89. The predicted molar refractivity (Wildman–Crippen MR) is 128 cm³/mol. The summed E-state index contributed by atoms with van der Waals surface area (Å²) in [7, 11) is 0. The lowest BCUT2D eigenvalue weighted by atomic mass is 10.0. The van der Waals surface area contributed by atoms with Crippen LogP contribution in [0.3, 0.4) is 0 Å². The monoisotopic (exact) mass is 518 g/mol. The van der Waals surface area contributed by atoms with E-state index in [1.54, 1.807) is 11.8 Å². The van der Waals surface area contributed by atoms with Gasteiger partial charge in [-0.25, -0.2) is 9.48 Å². The van der Waals surface area contributed by atoms with Crippen LogP contribution in [0.1, 0.15) is 62.5 Å². The van der Waals surface area contributed by atoms with Crippen molar-refractivity contribution in [3.63, 3.8) is 0 Å². The zero-order valence-electron chi connectivity index (χ0n) is 20.1. The fraction of sp³-hybridized carbons (Fsp3) is 0.346. The number of anilines is 1. The van der Waals surface area contributed by atoms with Crippen molar-refractivity contribution in [3.05, 3.63) is 82.0 Å². The van der Waals surface area contributed by atoms with Crippen LogP contribution in [0.4, 0.5) is 23.4 Å². The molecule has 11 heteroatoms. The minimum atomic E-state index is -4.84. The van der Waals surface area contributed by atoms with E-state index in [0.29, 0.717) is 24.9 Å². The first kappa shape index (κ1) is 26.2. The summed E-state index contributed by atoms with van der Waals surface area (Å²) >= 11 is 0. The average molecular weight is 519 g/mol. The first-order chi connectivity index (χ1) is 17.6. The minimum absolute atomic E-state index is 0.0560. The number of hydrogen-bond acceptors (Lipinski definition) is 4. The van der Waals surface area contributed by atoms with Crippen molar-refractivity contribution < 1.29 is 32.3 Å². The smallest absolute Gasteiger partial charge is 0.436 e. The zero-order valence-corrected chi connectivity index (χ0v) is 20.1. The fourth-order valence-electron chi connectivity index (χ4n) is 4.45. The van der Waals surface area contributed by atoms with Gasteiger partial charge < -0.3 is 15.3 Å². The number of halogens is 4. The van der Waals surface area contributed by atoms with Gasteiger partial charge in [0.2, 0.25) is 0 Å². The van der Waals surface area contributed by atoms with Crippen molar-refractivity contribution in [3.8, 4) is 0 Å². The summed E-state index contributed by atoms with van der Waals surface area (Å²) in [4.78, 5) is 26.0. The second kappa shape index (κ2) is 10.6. The predicted octanol–water partition coefficient (Wildman–Crippen LogP) is 5.01. The van der Waals surface area contributed by atoms with Crippen LogP contribution in [-0.2, 0) is 25.7 Å². The molecule has 0 spiro atoms. The standard InChI is InChI=1S/C26H26F4N4O3/c1-16(19-7-9-20(10-8-19)25(36)37)31-23(35)21-22(26(28,29)30)32-34-13-12-33(24(21)34)15-18-5-2-4-17(14-18)6-3-11-27/h2,4-5,7-10,14,16H,3,6,11-13,15H2,1H3,(H,31,35)(H,36,37). The molecule has 0 aliphatic carbocycles. The highest BCUT2D eigenvalue weighted by Crippen LogP contribution is 2.38. The van der Waals surface area contributed by atoms with Crippen molar-refractivity contribution >= 4 is 17.7 Å². The van der Waals surface area contributed by atoms with Crippen LogP contribution in [0.25, 0.3) is 0 Å². The molecule has 4 rings (SSSR count). The molecule has 0 saturated carbocycles. The Morgan fingerprint density at radius 3 is 2.46 bits per heavy atom. The highest BCUT2D eigenvalue weighted by molar-refractivity contribution is 6.01. The number of carboxylic acid groups (broad SMARTS) is 1. The van der Waals surface area contributed by atoms with E-state index in [1.807, 2.05) is 24.3 Å². The number of nitrogens with one attached hydrogen (secondary N) is 1. The molecule has 37 heavy (non-hydrogen) atoms. The van der Waals surface area contributed by atoms with Crippen LogP contribution in [0, 0.1) is 0 Å². The SMILES string of the molecule is CC(NC(=O)c1c(C(F)(F)F)nn2c1N(Cc1cccc(CCCF)c1)CC2)c1ccc(C(=O)O)cc1. The molecular formula is C26H26F4N4O3. The van der Waals surface area contributed by atoms with Crippen LogP contribution in [-0.4, -0.2) is 40.0 Å². The van der Waals surface area contributed by atoms with Gasteiger partial charge in [-0.2, -0.15) is 18.3 Å². The van der Waals surface area contributed by atoms with Crippen LogP contribution in [0.2, 0.25) is 0 Å². The van der Waals surface area contributed by atoms with E-state index in [-0.39, 0.29) is 24.5 Å². The molecule has 0 fully saturated rings. The molecule has 1 atom stereocenters. The summed E-state index contributed by atoms with van der Waals surface area (Å²) in [6.07, 6.45) is -3.90. The lowest BCUT2D eigenvalue weighted by Gasteiger charge is -2.21. The van der Waals surface area contributed by atoms with Crippen LogP contribution >= 0.6 is 0 Å². The summed E-state index contributed by atoms with van der Waals surface area (Å²) in [6, 6.07) is 12.5. The second-order valence-electron chi connectivity index (χ2n) is 8.92. The number of fused-ring (bicyclic) bond motifs is 1. The maximum Gasteiger partial charge on any atom is 0.436 e. The molecule has 1 amide bonds. The van der Waals surface area contributed by atoms with E-state index in [0.717, 1.165) is 11.1 Å². The van der Waals surface area contributed by atoms with Crippen molar-refractivity contribution in [2.24, 2.45) is 0 Å².